The highest BCUT2D eigenvalue weighted by molar-refractivity contribution is 7.94. The van der Waals surface area contributed by atoms with Crippen molar-refractivity contribution in [2.45, 2.75) is 18.1 Å². The number of benzene rings is 2. The lowest BCUT2D eigenvalue weighted by Crippen LogP contribution is -2.27. The Morgan fingerprint density at radius 2 is 1.75 bits per heavy atom. The molecular formula is C23H27N3O4S2. The maximum atomic E-state index is 12.6. The Balaban J connectivity index is 1.58. The standard InChI is InChI=1S/C23H27N3O4S2/c1-3-26(4-2)14-15-30-21-12-10-19(11-13-21)24-23(27)18-7-5-8-20(17-18)25-32(28,29)22-9-6-16-31-22/h5-13,16-17,25H,3-4,14-15H2,1-2H3,(H,24,27). The summed E-state index contributed by atoms with van der Waals surface area (Å²) in [5.41, 5.74) is 1.29. The van der Waals surface area contributed by atoms with Crippen LogP contribution >= 0.6 is 11.3 Å². The van der Waals surface area contributed by atoms with Gasteiger partial charge in [0.1, 0.15) is 16.6 Å². The Hall–Kier alpha value is -2.88. The van der Waals surface area contributed by atoms with E-state index in [1.165, 1.54) is 12.1 Å². The van der Waals surface area contributed by atoms with E-state index in [9.17, 15) is 13.2 Å². The molecule has 1 aromatic heterocycles. The van der Waals surface area contributed by atoms with Crippen molar-refractivity contribution in [3.05, 3.63) is 71.6 Å². The molecule has 3 rings (SSSR count). The van der Waals surface area contributed by atoms with Crippen molar-refractivity contribution >= 4 is 38.6 Å². The zero-order chi connectivity index (χ0) is 23.0. The van der Waals surface area contributed by atoms with Crippen molar-refractivity contribution in [2.75, 3.05) is 36.3 Å². The van der Waals surface area contributed by atoms with Crippen molar-refractivity contribution in [2.24, 2.45) is 0 Å². The van der Waals surface area contributed by atoms with E-state index < -0.39 is 10.0 Å². The van der Waals surface area contributed by atoms with Gasteiger partial charge >= 0.3 is 0 Å². The second kappa shape index (κ2) is 11.1. The second-order valence-corrected chi connectivity index (χ2v) is 9.83. The van der Waals surface area contributed by atoms with Gasteiger partial charge in [0.05, 0.1) is 0 Å². The lowest BCUT2D eigenvalue weighted by molar-refractivity contribution is 0.102. The monoisotopic (exact) mass is 473 g/mol. The highest BCUT2D eigenvalue weighted by Gasteiger charge is 2.16. The van der Waals surface area contributed by atoms with Crippen LogP contribution in [0.5, 0.6) is 5.75 Å². The van der Waals surface area contributed by atoms with Gasteiger partial charge in [0.2, 0.25) is 0 Å². The number of sulfonamides is 1. The Morgan fingerprint density at radius 1 is 1.00 bits per heavy atom. The van der Waals surface area contributed by atoms with Gasteiger partial charge < -0.3 is 15.0 Å². The van der Waals surface area contributed by atoms with Gasteiger partial charge in [0, 0.05) is 23.5 Å². The molecule has 0 fully saturated rings. The van der Waals surface area contributed by atoms with E-state index in [0.717, 1.165) is 36.7 Å². The lowest BCUT2D eigenvalue weighted by atomic mass is 10.2. The number of thiophene rings is 1. The molecule has 170 valence electrons. The van der Waals surface area contributed by atoms with E-state index in [2.05, 4.69) is 28.8 Å². The first-order valence-electron chi connectivity index (χ1n) is 10.3. The molecule has 7 nitrogen and oxygen atoms in total. The summed E-state index contributed by atoms with van der Waals surface area (Å²) in [5.74, 6) is 0.400. The number of rotatable bonds is 11. The zero-order valence-electron chi connectivity index (χ0n) is 18.1. The fourth-order valence-corrected chi connectivity index (χ4v) is 5.06. The molecule has 2 aromatic carbocycles. The topological polar surface area (TPSA) is 87.7 Å². The SMILES string of the molecule is CCN(CC)CCOc1ccc(NC(=O)c2cccc(NS(=O)(=O)c3cccs3)c2)cc1. The Labute approximate surface area is 193 Å². The molecule has 32 heavy (non-hydrogen) atoms. The summed E-state index contributed by atoms with van der Waals surface area (Å²) in [4.78, 5) is 14.9. The van der Waals surface area contributed by atoms with Gasteiger partial charge in [0.15, 0.2) is 0 Å². The van der Waals surface area contributed by atoms with Crippen LogP contribution in [0.4, 0.5) is 11.4 Å². The molecular weight excluding hydrogens is 446 g/mol. The Morgan fingerprint density at radius 3 is 2.41 bits per heavy atom. The molecule has 1 amide bonds. The second-order valence-electron chi connectivity index (χ2n) is 6.97. The van der Waals surface area contributed by atoms with Crippen LogP contribution < -0.4 is 14.8 Å². The van der Waals surface area contributed by atoms with Gasteiger partial charge in [-0.3, -0.25) is 9.52 Å². The molecule has 0 saturated heterocycles. The van der Waals surface area contributed by atoms with E-state index in [0.29, 0.717) is 23.5 Å². The van der Waals surface area contributed by atoms with Crippen molar-refractivity contribution in [3.8, 4) is 5.75 Å². The van der Waals surface area contributed by atoms with Crippen LogP contribution in [0.25, 0.3) is 0 Å². The molecule has 0 aliphatic heterocycles. The maximum absolute atomic E-state index is 12.6. The molecule has 9 heteroatoms. The predicted molar refractivity (Wildman–Crippen MR) is 129 cm³/mol. The summed E-state index contributed by atoms with van der Waals surface area (Å²) in [7, 11) is -3.67. The quantitative estimate of drug-likeness (QED) is 0.427. The van der Waals surface area contributed by atoms with E-state index >= 15 is 0 Å². The number of nitrogens with one attached hydrogen (secondary N) is 2. The molecule has 0 aliphatic rings. The van der Waals surface area contributed by atoms with E-state index in [1.807, 2.05) is 12.1 Å². The normalized spacial score (nSPS) is 11.3. The third-order valence-corrected chi connectivity index (χ3v) is 7.60. The van der Waals surface area contributed by atoms with Crippen LogP contribution in [0, 0.1) is 0 Å². The molecule has 0 spiro atoms. The molecule has 3 aromatic rings. The summed E-state index contributed by atoms with van der Waals surface area (Å²) in [6, 6.07) is 16.7. The number of carbonyl (C=O) groups is 1. The average Bonchev–Trinajstić information content (AvgIpc) is 3.34. The fourth-order valence-electron chi connectivity index (χ4n) is 3.02. The third kappa shape index (κ3) is 6.56. The molecule has 0 unspecified atom stereocenters. The number of hydrogen-bond acceptors (Lipinski definition) is 6. The molecule has 1 heterocycles. The van der Waals surface area contributed by atoms with Gasteiger partial charge in [0.25, 0.3) is 15.9 Å². The van der Waals surface area contributed by atoms with Crippen molar-refractivity contribution < 1.29 is 17.9 Å². The Bertz CT molecular complexity index is 1110. The maximum Gasteiger partial charge on any atom is 0.271 e. The van der Waals surface area contributed by atoms with Gasteiger partial charge in [-0.1, -0.05) is 26.0 Å². The van der Waals surface area contributed by atoms with Crippen LogP contribution in [-0.4, -0.2) is 45.5 Å². The van der Waals surface area contributed by atoms with E-state index in [1.54, 1.807) is 41.8 Å². The van der Waals surface area contributed by atoms with Crippen LogP contribution in [0.1, 0.15) is 24.2 Å². The zero-order valence-corrected chi connectivity index (χ0v) is 19.7. The minimum Gasteiger partial charge on any atom is -0.492 e. The van der Waals surface area contributed by atoms with Crippen LogP contribution in [0.15, 0.2) is 70.3 Å². The first-order valence-corrected chi connectivity index (χ1v) is 12.7. The first kappa shape index (κ1) is 23.8. The van der Waals surface area contributed by atoms with Gasteiger partial charge in [-0.2, -0.15) is 0 Å². The summed E-state index contributed by atoms with van der Waals surface area (Å²) in [5, 5.41) is 4.51. The van der Waals surface area contributed by atoms with Crippen molar-refractivity contribution in [3.63, 3.8) is 0 Å². The van der Waals surface area contributed by atoms with Gasteiger partial charge in [-0.25, -0.2) is 8.42 Å². The molecule has 0 radical (unpaired) electrons. The highest BCUT2D eigenvalue weighted by Crippen LogP contribution is 2.22. The highest BCUT2D eigenvalue weighted by atomic mass is 32.2. The smallest absolute Gasteiger partial charge is 0.271 e. The number of amides is 1. The number of ether oxygens (including phenoxy) is 1. The minimum atomic E-state index is -3.67. The lowest BCUT2D eigenvalue weighted by Gasteiger charge is -2.18. The summed E-state index contributed by atoms with van der Waals surface area (Å²) in [6.07, 6.45) is 0. The van der Waals surface area contributed by atoms with Crippen LogP contribution in [-0.2, 0) is 10.0 Å². The van der Waals surface area contributed by atoms with Gasteiger partial charge in [-0.05, 0) is 67.0 Å². The summed E-state index contributed by atoms with van der Waals surface area (Å²) in [6.45, 7) is 7.67. The summed E-state index contributed by atoms with van der Waals surface area (Å²) < 4.78 is 33.3. The molecule has 0 saturated carbocycles. The predicted octanol–water partition coefficient (Wildman–Crippen LogP) is 4.52. The Kier molecular flexibility index (Phi) is 8.26. The van der Waals surface area contributed by atoms with Crippen LogP contribution in [0.2, 0.25) is 0 Å². The number of hydrogen-bond donors (Lipinski definition) is 2. The summed E-state index contributed by atoms with van der Waals surface area (Å²) >= 11 is 1.13. The number of nitrogens with zero attached hydrogens (tertiary/aromatic N) is 1. The third-order valence-electron chi connectivity index (χ3n) is 4.82. The number of carbonyl (C=O) groups excluding carboxylic acids is 1. The largest absolute Gasteiger partial charge is 0.492 e. The van der Waals surface area contributed by atoms with Gasteiger partial charge in [-0.15, -0.1) is 11.3 Å². The number of likely N-dealkylation sites (N-methyl/N-ethyl adjacent to an activating group) is 1. The van der Waals surface area contributed by atoms with Crippen LogP contribution in [0.3, 0.4) is 0 Å². The molecule has 0 atom stereocenters. The van der Waals surface area contributed by atoms with Crippen molar-refractivity contribution in [1.29, 1.82) is 0 Å². The molecule has 2 N–H and O–H groups in total. The van der Waals surface area contributed by atoms with E-state index in [-0.39, 0.29) is 10.1 Å². The molecule has 0 bridgehead atoms. The fraction of sp³-hybridized carbons (Fsp3) is 0.261. The van der Waals surface area contributed by atoms with E-state index in [4.69, 9.17) is 4.74 Å². The average molecular weight is 474 g/mol. The first-order chi connectivity index (χ1) is 15.4. The molecule has 0 aliphatic carbocycles. The number of anilines is 2. The minimum absolute atomic E-state index is 0.215. The van der Waals surface area contributed by atoms with Crippen molar-refractivity contribution in [1.82, 2.24) is 4.90 Å².